The predicted molar refractivity (Wildman–Crippen MR) is 186 cm³/mol. The number of rotatable bonds is 15. The van der Waals surface area contributed by atoms with Crippen molar-refractivity contribution in [1.29, 1.82) is 0 Å². The number of hydrogen-bond donors (Lipinski definition) is 3. The van der Waals surface area contributed by atoms with Gasteiger partial charge in [-0.2, -0.15) is 0 Å². The molecule has 2 aromatic heterocycles. The van der Waals surface area contributed by atoms with Crippen LogP contribution in [-0.2, 0) is 9.59 Å². The zero-order valence-corrected chi connectivity index (χ0v) is 29.2. The van der Waals surface area contributed by atoms with E-state index in [1.54, 1.807) is 11.3 Å². The summed E-state index contributed by atoms with van der Waals surface area (Å²) in [7, 11) is 0. The molecule has 2 aliphatic heterocycles. The van der Waals surface area contributed by atoms with E-state index in [0.29, 0.717) is 31.7 Å². The smallest absolute Gasteiger partial charge is 0.224 e. The molecular weight excluding hydrogens is 613 g/mol. The Kier molecular flexibility index (Phi) is 12.5. The molecule has 2 fully saturated rings. The van der Waals surface area contributed by atoms with Gasteiger partial charge < -0.3 is 30.1 Å². The molecule has 3 aromatic rings. The van der Waals surface area contributed by atoms with Gasteiger partial charge in [0.25, 0.3) is 0 Å². The van der Waals surface area contributed by atoms with Crippen molar-refractivity contribution in [1.82, 2.24) is 25.7 Å². The van der Waals surface area contributed by atoms with Crippen molar-refractivity contribution in [3.8, 4) is 10.4 Å². The molecule has 2 aliphatic rings. The minimum absolute atomic E-state index is 0.0197. The van der Waals surface area contributed by atoms with Gasteiger partial charge in [0.1, 0.15) is 5.76 Å². The average molecular weight is 665 g/mol. The first kappa shape index (κ1) is 35.0. The lowest BCUT2D eigenvalue weighted by Crippen LogP contribution is -2.42. The fourth-order valence-corrected chi connectivity index (χ4v) is 8.06. The van der Waals surface area contributed by atoms with Crippen molar-refractivity contribution in [2.75, 3.05) is 44.2 Å². The van der Waals surface area contributed by atoms with Gasteiger partial charge in [-0.15, -0.1) is 11.3 Å². The Labute approximate surface area is 283 Å². The molecule has 256 valence electrons. The van der Waals surface area contributed by atoms with E-state index in [9.17, 15) is 14.7 Å². The maximum absolute atomic E-state index is 14.0. The quantitative estimate of drug-likeness (QED) is 0.143. The number of aliphatic hydroxyl groups excluding tert-OH is 1. The molecule has 3 N–H and O–H groups in total. The van der Waals surface area contributed by atoms with Crippen LogP contribution in [0.4, 0.5) is 5.82 Å². The first-order valence-corrected chi connectivity index (χ1v) is 18.2. The van der Waals surface area contributed by atoms with Crippen molar-refractivity contribution < 1.29 is 19.2 Å². The van der Waals surface area contributed by atoms with E-state index in [-0.39, 0.29) is 35.8 Å². The number of nitrogens with one attached hydrogen (secondary N) is 2. The van der Waals surface area contributed by atoms with Gasteiger partial charge in [-0.1, -0.05) is 43.3 Å². The Balaban J connectivity index is 1.24. The third-order valence-electron chi connectivity index (χ3n) is 10.0. The van der Waals surface area contributed by atoms with Crippen LogP contribution in [0.3, 0.4) is 0 Å². The van der Waals surface area contributed by atoms with Crippen LogP contribution in [0.2, 0.25) is 0 Å². The minimum Gasteiger partial charge on any atom is -0.393 e. The number of anilines is 1. The van der Waals surface area contributed by atoms with E-state index in [0.717, 1.165) is 91.7 Å². The molecule has 2 amide bonds. The maximum atomic E-state index is 14.0. The minimum atomic E-state index is -0.348. The molecule has 0 spiro atoms. The lowest BCUT2D eigenvalue weighted by Gasteiger charge is -2.36. The molecule has 3 unspecified atom stereocenters. The van der Waals surface area contributed by atoms with Crippen LogP contribution in [0.25, 0.3) is 10.4 Å². The second kappa shape index (κ2) is 16.7. The van der Waals surface area contributed by atoms with Crippen molar-refractivity contribution >= 4 is 29.5 Å². The molecule has 2 saturated heterocycles. The number of aliphatic hydroxyl groups is 1. The Hall–Kier alpha value is -3.28. The van der Waals surface area contributed by atoms with Crippen LogP contribution in [0.1, 0.15) is 88.3 Å². The standard InChI is InChI=1S/C36H52N6O4S/c1-24(2)34(32-20-33(40-46-32)42-18-11-27(12-19-42)21-41-16-13-30(44)14-17-41)31(6-5-15-37-22-43)36(45)39-25(3)28-7-9-29(10-8-28)35-26(4)38-23-47-35/h7-10,20,22-25,27,30-31,34,44H,5-6,11-19,21H2,1-4H3,(H,37,43)(H,39,45). The third kappa shape index (κ3) is 9.21. The Bertz CT molecular complexity index is 1410. The number of hydrogen-bond acceptors (Lipinski definition) is 9. The molecule has 10 nitrogen and oxygen atoms in total. The second-order valence-electron chi connectivity index (χ2n) is 13.8. The summed E-state index contributed by atoms with van der Waals surface area (Å²) in [6.45, 7) is 13.8. The zero-order valence-electron chi connectivity index (χ0n) is 28.4. The third-order valence-corrected chi connectivity index (χ3v) is 11.0. The first-order chi connectivity index (χ1) is 22.7. The van der Waals surface area contributed by atoms with Gasteiger partial charge in [0.05, 0.1) is 28.2 Å². The zero-order chi connectivity index (χ0) is 33.3. The van der Waals surface area contributed by atoms with Crippen molar-refractivity contribution in [3.05, 3.63) is 52.9 Å². The lowest BCUT2D eigenvalue weighted by atomic mass is 9.78. The topological polar surface area (TPSA) is 124 Å². The molecule has 5 rings (SSSR count). The van der Waals surface area contributed by atoms with E-state index in [2.05, 4.69) is 68.7 Å². The molecular formula is C36H52N6O4S. The number of likely N-dealkylation sites (tertiary alicyclic amines) is 1. The van der Waals surface area contributed by atoms with E-state index in [1.807, 2.05) is 25.4 Å². The highest BCUT2D eigenvalue weighted by Crippen LogP contribution is 2.38. The summed E-state index contributed by atoms with van der Waals surface area (Å²) in [5.74, 6) is 1.84. The lowest BCUT2D eigenvalue weighted by molar-refractivity contribution is -0.127. The van der Waals surface area contributed by atoms with Crippen LogP contribution < -0.4 is 15.5 Å². The largest absolute Gasteiger partial charge is 0.393 e. The first-order valence-electron chi connectivity index (χ1n) is 17.3. The molecule has 3 atom stereocenters. The number of piperidine rings is 2. The number of thiazole rings is 1. The van der Waals surface area contributed by atoms with Crippen molar-refractivity contribution in [2.24, 2.45) is 17.8 Å². The highest BCUT2D eigenvalue weighted by atomic mass is 32.1. The number of carbonyl (C=O) groups excluding carboxylic acids is 2. The highest BCUT2D eigenvalue weighted by molar-refractivity contribution is 7.13. The molecule has 47 heavy (non-hydrogen) atoms. The Morgan fingerprint density at radius 2 is 1.83 bits per heavy atom. The van der Waals surface area contributed by atoms with E-state index >= 15 is 0 Å². The number of aryl methyl sites for hydroxylation is 1. The average Bonchev–Trinajstić information content (AvgIpc) is 3.73. The van der Waals surface area contributed by atoms with Crippen molar-refractivity contribution in [3.63, 3.8) is 0 Å². The summed E-state index contributed by atoms with van der Waals surface area (Å²) < 4.78 is 6.03. The van der Waals surface area contributed by atoms with E-state index in [1.165, 1.54) is 0 Å². The summed E-state index contributed by atoms with van der Waals surface area (Å²) in [6, 6.07) is 10.2. The van der Waals surface area contributed by atoms with Gasteiger partial charge in [0.2, 0.25) is 12.3 Å². The Morgan fingerprint density at radius 1 is 1.11 bits per heavy atom. The fraction of sp³-hybridized carbons (Fsp3) is 0.611. The van der Waals surface area contributed by atoms with Crippen LogP contribution in [0, 0.1) is 24.7 Å². The van der Waals surface area contributed by atoms with Crippen LogP contribution in [0.5, 0.6) is 0 Å². The molecule has 0 saturated carbocycles. The van der Waals surface area contributed by atoms with E-state index in [4.69, 9.17) is 4.52 Å². The molecule has 0 radical (unpaired) electrons. The van der Waals surface area contributed by atoms with Gasteiger partial charge in [-0.05, 0) is 75.3 Å². The van der Waals surface area contributed by atoms with E-state index < -0.39 is 0 Å². The summed E-state index contributed by atoms with van der Waals surface area (Å²) in [5.41, 5.74) is 5.04. The highest BCUT2D eigenvalue weighted by Gasteiger charge is 2.36. The normalized spacial score (nSPS) is 18.6. The maximum Gasteiger partial charge on any atom is 0.224 e. The molecule has 0 aliphatic carbocycles. The summed E-state index contributed by atoms with van der Waals surface area (Å²) in [4.78, 5) is 35.3. The second-order valence-corrected chi connectivity index (χ2v) is 14.6. The SMILES string of the molecule is Cc1ncsc1-c1ccc(C(C)NC(=O)C(CCCNC=O)C(c2cc(N3CCC(CN4CCC(O)CC4)CC3)no2)C(C)C)cc1. The number of aromatic nitrogens is 2. The van der Waals surface area contributed by atoms with Crippen LogP contribution >= 0.6 is 11.3 Å². The fourth-order valence-electron chi connectivity index (χ4n) is 7.25. The number of carbonyl (C=O) groups is 2. The molecule has 1 aromatic carbocycles. The summed E-state index contributed by atoms with van der Waals surface area (Å²) in [6.07, 6.45) is 5.83. The van der Waals surface area contributed by atoms with Gasteiger partial charge in [-0.25, -0.2) is 4.98 Å². The van der Waals surface area contributed by atoms with Crippen molar-refractivity contribution in [2.45, 2.75) is 84.3 Å². The Morgan fingerprint density at radius 3 is 2.47 bits per heavy atom. The number of nitrogens with zero attached hydrogens (tertiary/aromatic N) is 4. The monoisotopic (exact) mass is 664 g/mol. The van der Waals surface area contributed by atoms with Crippen LogP contribution in [-0.4, -0.2) is 77.8 Å². The summed E-state index contributed by atoms with van der Waals surface area (Å²) >= 11 is 1.63. The van der Waals surface area contributed by atoms with Crippen LogP contribution in [0.15, 0.2) is 40.4 Å². The van der Waals surface area contributed by atoms with Gasteiger partial charge in [-0.3, -0.25) is 9.59 Å². The predicted octanol–water partition coefficient (Wildman–Crippen LogP) is 5.54. The molecule has 0 bridgehead atoms. The van der Waals surface area contributed by atoms with Gasteiger partial charge in [0, 0.05) is 57.2 Å². The van der Waals surface area contributed by atoms with Gasteiger partial charge >= 0.3 is 0 Å². The number of benzene rings is 1. The molecule has 4 heterocycles. The molecule has 11 heteroatoms. The number of amides is 2. The summed E-state index contributed by atoms with van der Waals surface area (Å²) in [5, 5.41) is 20.4. The van der Waals surface area contributed by atoms with Gasteiger partial charge in [0.15, 0.2) is 5.82 Å².